The standard InChI is InChI=1S/C19H24ClN3O2/c1-4-21-9-11-22(12-10-21)17-16(14-5-7-15(20)8-6-14)18(24)23(13(2)3)19(17)25/h5-8,13H,4,9-12H2,1-3H3. The van der Waals surface area contributed by atoms with Gasteiger partial charge in [-0.25, -0.2) is 0 Å². The monoisotopic (exact) mass is 361 g/mol. The zero-order valence-corrected chi connectivity index (χ0v) is 15.7. The Morgan fingerprint density at radius 1 is 1.00 bits per heavy atom. The van der Waals surface area contributed by atoms with E-state index in [1.54, 1.807) is 12.1 Å². The normalized spacial score (nSPS) is 19.6. The zero-order valence-electron chi connectivity index (χ0n) is 15.0. The fourth-order valence-electron chi connectivity index (χ4n) is 3.46. The molecule has 1 saturated heterocycles. The van der Waals surface area contributed by atoms with Gasteiger partial charge < -0.3 is 9.80 Å². The molecule has 0 saturated carbocycles. The maximum atomic E-state index is 13.0. The van der Waals surface area contributed by atoms with Crippen molar-refractivity contribution in [2.75, 3.05) is 32.7 Å². The second-order valence-corrected chi connectivity index (χ2v) is 7.16. The second-order valence-electron chi connectivity index (χ2n) is 6.73. The summed E-state index contributed by atoms with van der Waals surface area (Å²) in [6.45, 7) is 10.2. The Labute approximate surface area is 153 Å². The highest BCUT2D eigenvalue weighted by atomic mass is 35.5. The first-order valence-corrected chi connectivity index (χ1v) is 9.17. The molecule has 0 aromatic heterocycles. The van der Waals surface area contributed by atoms with Gasteiger partial charge in [0.1, 0.15) is 5.70 Å². The molecular weight excluding hydrogens is 338 g/mol. The van der Waals surface area contributed by atoms with Crippen molar-refractivity contribution in [1.82, 2.24) is 14.7 Å². The van der Waals surface area contributed by atoms with Gasteiger partial charge in [-0.05, 0) is 38.1 Å². The quantitative estimate of drug-likeness (QED) is 0.773. The first kappa shape index (κ1) is 18.0. The molecule has 2 aliphatic rings. The first-order chi connectivity index (χ1) is 11.9. The molecule has 0 bridgehead atoms. The molecule has 3 rings (SSSR count). The number of rotatable bonds is 4. The molecule has 0 unspecified atom stereocenters. The van der Waals surface area contributed by atoms with Crippen LogP contribution < -0.4 is 0 Å². The van der Waals surface area contributed by atoms with Gasteiger partial charge in [-0.15, -0.1) is 0 Å². The van der Waals surface area contributed by atoms with Crippen LogP contribution in [0, 0.1) is 0 Å². The predicted octanol–water partition coefficient (Wildman–Crippen LogP) is 2.47. The fourth-order valence-corrected chi connectivity index (χ4v) is 3.59. The minimum atomic E-state index is -0.213. The summed E-state index contributed by atoms with van der Waals surface area (Å²) in [5, 5.41) is 0.611. The van der Waals surface area contributed by atoms with Gasteiger partial charge in [-0.3, -0.25) is 14.5 Å². The molecule has 1 fully saturated rings. The summed E-state index contributed by atoms with van der Waals surface area (Å²) in [6.07, 6.45) is 0. The number of nitrogens with zero attached hydrogens (tertiary/aromatic N) is 3. The summed E-state index contributed by atoms with van der Waals surface area (Å²) < 4.78 is 0. The summed E-state index contributed by atoms with van der Waals surface area (Å²) in [6, 6.07) is 6.97. The lowest BCUT2D eigenvalue weighted by molar-refractivity contribution is -0.139. The van der Waals surface area contributed by atoms with Crippen molar-refractivity contribution < 1.29 is 9.59 Å². The molecule has 1 aromatic carbocycles. The lowest BCUT2D eigenvalue weighted by atomic mass is 10.0. The molecule has 0 atom stereocenters. The predicted molar refractivity (Wildman–Crippen MR) is 99.0 cm³/mol. The van der Waals surface area contributed by atoms with E-state index in [2.05, 4.69) is 16.7 Å². The van der Waals surface area contributed by atoms with Crippen molar-refractivity contribution >= 4 is 29.0 Å². The molecule has 2 aliphatic heterocycles. The largest absolute Gasteiger partial charge is 0.364 e. The third-order valence-electron chi connectivity index (χ3n) is 4.88. The molecule has 5 nitrogen and oxygen atoms in total. The molecule has 0 spiro atoms. The van der Waals surface area contributed by atoms with E-state index in [0.717, 1.165) is 38.3 Å². The molecule has 134 valence electrons. The Hall–Kier alpha value is -1.85. The van der Waals surface area contributed by atoms with E-state index in [1.807, 2.05) is 26.0 Å². The minimum Gasteiger partial charge on any atom is -0.364 e. The number of likely N-dealkylation sites (N-methyl/N-ethyl adjacent to an activating group) is 1. The Morgan fingerprint density at radius 2 is 1.60 bits per heavy atom. The van der Waals surface area contributed by atoms with Crippen LogP contribution >= 0.6 is 11.6 Å². The van der Waals surface area contributed by atoms with Crippen LogP contribution in [-0.2, 0) is 9.59 Å². The number of piperazine rings is 1. The molecule has 0 aliphatic carbocycles. The Kier molecular flexibility index (Phi) is 5.16. The highest BCUT2D eigenvalue weighted by Crippen LogP contribution is 2.33. The van der Waals surface area contributed by atoms with E-state index in [4.69, 9.17) is 11.6 Å². The molecule has 0 radical (unpaired) electrons. The van der Waals surface area contributed by atoms with Crippen molar-refractivity contribution in [3.63, 3.8) is 0 Å². The fraction of sp³-hybridized carbons (Fsp3) is 0.474. The highest BCUT2D eigenvalue weighted by molar-refractivity contribution is 6.36. The Morgan fingerprint density at radius 3 is 2.12 bits per heavy atom. The number of benzene rings is 1. The number of hydrogen-bond donors (Lipinski definition) is 0. The van der Waals surface area contributed by atoms with Crippen LogP contribution in [0.15, 0.2) is 30.0 Å². The van der Waals surface area contributed by atoms with E-state index in [1.165, 1.54) is 4.90 Å². The molecule has 6 heteroatoms. The van der Waals surface area contributed by atoms with Crippen molar-refractivity contribution in [2.24, 2.45) is 0 Å². The summed E-state index contributed by atoms with van der Waals surface area (Å²) in [4.78, 5) is 31.8. The van der Waals surface area contributed by atoms with Crippen LogP contribution in [0.2, 0.25) is 5.02 Å². The Bertz CT molecular complexity index is 704. The third-order valence-corrected chi connectivity index (χ3v) is 5.13. The molecule has 0 N–H and O–H groups in total. The zero-order chi connectivity index (χ0) is 18.1. The van der Waals surface area contributed by atoms with Crippen LogP contribution in [-0.4, -0.2) is 65.3 Å². The number of amides is 2. The number of imide groups is 1. The van der Waals surface area contributed by atoms with E-state index >= 15 is 0 Å². The number of carbonyl (C=O) groups is 2. The van der Waals surface area contributed by atoms with Crippen LogP contribution in [0.5, 0.6) is 0 Å². The van der Waals surface area contributed by atoms with Gasteiger partial charge in [0.2, 0.25) is 0 Å². The average molecular weight is 362 g/mol. The van der Waals surface area contributed by atoms with E-state index in [9.17, 15) is 9.59 Å². The summed E-state index contributed by atoms with van der Waals surface area (Å²) in [5.41, 5.74) is 1.79. The highest BCUT2D eigenvalue weighted by Gasteiger charge is 2.43. The lowest BCUT2D eigenvalue weighted by Crippen LogP contribution is -2.47. The second kappa shape index (κ2) is 7.18. The van der Waals surface area contributed by atoms with E-state index < -0.39 is 0 Å². The van der Waals surface area contributed by atoms with Crippen molar-refractivity contribution in [2.45, 2.75) is 26.8 Å². The maximum absolute atomic E-state index is 13.0. The van der Waals surface area contributed by atoms with Crippen molar-refractivity contribution in [3.8, 4) is 0 Å². The molecule has 2 heterocycles. The van der Waals surface area contributed by atoms with Gasteiger partial charge >= 0.3 is 0 Å². The summed E-state index contributed by atoms with van der Waals surface area (Å²) >= 11 is 5.99. The number of carbonyl (C=O) groups excluding carboxylic acids is 2. The summed E-state index contributed by atoms with van der Waals surface area (Å²) in [7, 11) is 0. The van der Waals surface area contributed by atoms with Gasteiger partial charge in [0.15, 0.2) is 0 Å². The SMILES string of the molecule is CCN1CCN(C2=C(c3ccc(Cl)cc3)C(=O)N(C(C)C)C2=O)CC1. The summed E-state index contributed by atoms with van der Waals surface area (Å²) in [5.74, 6) is -0.398. The topological polar surface area (TPSA) is 43.9 Å². The van der Waals surface area contributed by atoms with Gasteiger partial charge in [0.25, 0.3) is 11.8 Å². The van der Waals surface area contributed by atoms with Crippen molar-refractivity contribution in [1.29, 1.82) is 0 Å². The Balaban J connectivity index is 2.02. The van der Waals surface area contributed by atoms with Gasteiger partial charge in [0, 0.05) is 37.2 Å². The lowest BCUT2D eigenvalue weighted by Gasteiger charge is -2.36. The third kappa shape index (κ3) is 3.31. The smallest absolute Gasteiger partial charge is 0.278 e. The maximum Gasteiger partial charge on any atom is 0.278 e. The van der Waals surface area contributed by atoms with E-state index in [-0.39, 0.29) is 17.9 Å². The van der Waals surface area contributed by atoms with Crippen LogP contribution in [0.3, 0.4) is 0 Å². The molecule has 1 aromatic rings. The molecular formula is C19H24ClN3O2. The van der Waals surface area contributed by atoms with Crippen molar-refractivity contribution in [3.05, 3.63) is 40.5 Å². The van der Waals surface area contributed by atoms with Gasteiger partial charge in [0.05, 0.1) is 5.57 Å². The minimum absolute atomic E-state index is 0.170. The molecule has 25 heavy (non-hydrogen) atoms. The number of hydrogen-bond acceptors (Lipinski definition) is 4. The molecule has 2 amide bonds. The average Bonchev–Trinajstić information content (AvgIpc) is 2.86. The van der Waals surface area contributed by atoms with Crippen LogP contribution in [0.1, 0.15) is 26.3 Å². The number of halogens is 1. The van der Waals surface area contributed by atoms with Gasteiger partial charge in [-0.2, -0.15) is 0 Å². The van der Waals surface area contributed by atoms with Crippen LogP contribution in [0.4, 0.5) is 0 Å². The van der Waals surface area contributed by atoms with Crippen LogP contribution in [0.25, 0.3) is 5.57 Å². The van der Waals surface area contributed by atoms with E-state index in [0.29, 0.717) is 16.3 Å². The van der Waals surface area contributed by atoms with Gasteiger partial charge in [-0.1, -0.05) is 30.7 Å². The first-order valence-electron chi connectivity index (χ1n) is 8.79.